The van der Waals surface area contributed by atoms with Crippen LogP contribution in [-0.2, 0) is 0 Å². The molecule has 5 rings (SSSR count). The molecule has 9 nitrogen and oxygen atoms in total. The molecular weight excluding hydrogens is 490 g/mol. The zero-order valence-corrected chi connectivity index (χ0v) is 21.4. The molecule has 0 unspecified atom stereocenters. The second kappa shape index (κ2) is 12.0. The third kappa shape index (κ3) is 6.74. The lowest BCUT2D eigenvalue weighted by Gasteiger charge is -2.30. The van der Waals surface area contributed by atoms with E-state index in [0.717, 1.165) is 57.4 Å². The highest BCUT2D eigenvalue weighted by Crippen LogP contribution is 2.22. The first-order chi connectivity index (χ1) is 18.1. The maximum atomic E-state index is 12.3. The molecule has 2 aliphatic rings. The Morgan fingerprint density at radius 2 is 1.38 bits per heavy atom. The van der Waals surface area contributed by atoms with Crippen molar-refractivity contribution in [3.63, 3.8) is 0 Å². The van der Waals surface area contributed by atoms with Gasteiger partial charge in [0.05, 0.1) is 11.8 Å². The molecule has 0 atom stereocenters. The minimum absolute atomic E-state index is 0.431. The molecule has 37 heavy (non-hydrogen) atoms. The summed E-state index contributed by atoms with van der Waals surface area (Å²) in [5.41, 5.74) is 4.25. The van der Waals surface area contributed by atoms with Gasteiger partial charge in [-0.25, -0.2) is 10.2 Å². The highest BCUT2D eigenvalue weighted by Gasteiger charge is 2.20. The average Bonchev–Trinajstić information content (AvgIpc) is 2.95. The van der Waals surface area contributed by atoms with Crippen molar-refractivity contribution >= 4 is 41.6 Å². The van der Waals surface area contributed by atoms with E-state index in [1.54, 1.807) is 42.6 Å². The number of esters is 1. The number of ether oxygens (including phenoxy) is 1. The maximum absolute atomic E-state index is 12.3. The van der Waals surface area contributed by atoms with Gasteiger partial charge in [-0.05, 0) is 92.6 Å². The van der Waals surface area contributed by atoms with E-state index in [9.17, 15) is 4.79 Å². The van der Waals surface area contributed by atoms with Crippen LogP contribution in [0.5, 0.6) is 5.75 Å². The van der Waals surface area contributed by atoms with Crippen LogP contribution in [0.2, 0.25) is 5.02 Å². The third-order valence-electron chi connectivity index (χ3n) is 6.44. The van der Waals surface area contributed by atoms with Gasteiger partial charge in [-0.1, -0.05) is 11.6 Å². The van der Waals surface area contributed by atoms with Crippen molar-refractivity contribution in [1.82, 2.24) is 15.0 Å². The van der Waals surface area contributed by atoms with Crippen molar-refractivity contribution in [3.8, 4) is 5.75 Å². The summed E-state index contributed by atoms with van der Waals surface area (Å²) in [6.45, 7) is 3.84. The van der Waals surface area contributed by atoms with E-state index in [2.05, 4.69) is 30.3 Å². The molecule has 0 radical (unpaired) electrons. The predicted octanol–water partition coefficient (Wildman–Crippen LogP) is 5.17. The molecule has 0 aliphatic carbocycles. The molecule has 3 heterocycles. The number of anilines is 3. The minimum Gasteiger partial charge on any atom is -0.423 e. The zero-order valence-electron chi connectivity index (χ0n) is 20.6. The first-order valence-corrected chi connectivity index (χ1v) is 13.1. The molecule has 0 saturated carbocycles. The highest BCUT2D eigenvalue weighted by atomic mass is 35.5. The van der Waals surface area contributed by atoms with Crippen LogP contribution < -0.4 is 20.0 Å². The number of benzene rings is 2. The molecule has 2 saturated heterocycles. The number of rotatable bonds is 7. The summed E-state index contributed by atoms with van der Waals surface area (Å²) in [7, 11) is 0. The van der Waals surface area contributed by atoms with Gasteiger partial charge in [0, 0.05) is 31.2 Å². The molecule has 2 fully saturated rings. The van der Waals surface area contributed by atoms with Crippen molar-refractivity contribution in [2.45, 2.75) is 38.5 Å². The van der Waals surface area contributed by atoms with Crippen LogP contribution >= 0.6 is 11.6 Å². The van der Waals surface area contributed by atoms with Gasteiger partial charge >= 0.3 is 5.97 Å². The lowest BCUT2D eigenvalue weighted by Crippen LogP contribution is -2.34. The van der Waals surface area contributed by atoms with E-state index in [1.165, 1.54) is 12.8 Å². The van der Waals surface area contributed by atoms with Crippen molar-refractivity contribution in [3.05, 3.63) is 64.7 Å². The number of carbonyl (C=O) groups is 1. The van der Waals surface area contributed by atoms with E-state index in [-0.39, 0.29) is 0 Å². The Hall–Kier alpha value is -3.72. The summed E-state index contributed by atoms with van der Waals surface area (Å²) in [5, 5.41) is 4.91. The molecule has 0 amide bonds. The van der Waals surface area contributed by atoms with Crippen LogP contribution in [0, 0.1) is 0 Å². The summed E-state index contributed by atoms with van der Waals surface area (Å²) >= 11 is 5.88. The van der Waals surface area contributed by atoms with Crippen LogP contribution in [-0.4, -0.2) is 53.3 Å². The van der Waals surface area contributed by atoms with Crippen molar-refractivity contribution in [2.24, 2.45) is 5.10 Å². The minimum atomic E-state index is -0.441. The van der Waals surface area contributed by atoms with Crippen LogP contribution in [0.25, 0.3) is 0 Å². The van der Waals surface area contributed by atoms with Crippen LogP contribution in [0.3, 0.4) is 0 Å². The van der Waals surface area contributed by atoms with Gasteiger partial charge < -0.3 is 14.5 Å². The number of halogens is 1. The summed E-state index contributed by atoms with van der Waals surface area (Å²) in [4.78, 5) is 30.9. The highest BCUT2D eigenvalue weighted by molar-refractivity contribution is 6.30. The fraction of sp³-hybridized carbons (Fsp3) is 0.370. The second-order valence-corrected chi connectivity index (χ2v) is 9.63. The molecular formula is C27H30ClN7O2. The molecule has 1 N–H and O–H groups in total. The van der Waals surface area contributed by atoms with Crippen molar-refractivity contribution in [2.75, 3.05) is 41.4 Å². The smallest absolute Gasteiger partial charge is 0.343 e. The van der Waals surface area contributed by atoms with E-state index >= 15 is 0 Å². The number of hydrogen-bond acceptors (Lipinski definition) is 9. The molecule has 0 spiro atoms. The average molecular weight is 520 g/mol. The Balaban J connectivity index is 1.24. The largest absolute Gasteiger partial charge is 0.423 e. The van der Waals surface area contributed by atoms with Gasteiger partial charge in [0.15, 0.2) is 0 Å². The van der Waals surface area contributed by atoms with E-state index in [0.29, 0.717) is 34.2 Å². The number of hydrazone groups is 1. The molecule has 1 aromatic heterocycles. The van der Waals surface area contributed by atoms with Gasteiger partial charge in [0.1, 0.15) is 5.75 Å². The number of hydrogen-bond donors (Lipinski definition) is 1. The number of aromatic nitrogens is 3. The number of nitrogens with one attached hydrogen (secondary N) is 1. The Bertz CT molecular complexity index is 1190. The second-order valence-electron chi connectivity index (χ2n) is 9.19. The predicted molar refractivity (Wildman–Crippen MR) is 146 cm³/mol. The lowest BCUT2D eigenvalue weighted by molar-refractivity contribution is 0.0735. The first kappa shape index (κ1) is 25.0. The van der Waals surface area contributed by atoms with Crippen LogP contribution in [0.4, 0.5) is 17.8 Å². The molecule has 2 aromatic carbocycles. The lowest BCUT2D eigenvalue weighted by atomic mass is 10.1. The first-order valence-electron chi connectivity index (χ1n) is 12.8. The molecule has 10 heteroatoms. The van der Waals surface area contributed by atoms with Gasteiger partial charge in [-0.3, -0.25) is 0 Å². The number of nitrogens with zero attached hydrogens (tertiary/aromatic N) is 6. The van der Waals surface area contributed by atoms with Crippen LogP contribution in [0.1, 0.15) is 54.4 Å². The molecule has 192 valence electrons. The third-order valence-corrected chi connectivity index (χ3v) is 6.69. The van der Waals surface area contributed by atoms with Gasteiger partial charge in [0.25, 0.3) is 0 Å². The summed E-state index contributed by atoms with van der Waals surface area (Å²) in [6, 6.07) is 13.7. The fourth-order valence-electron chi connectivity index (χ4n) is 4.41. The van der Waals surface area contributed by atoms with E-state index in [1.807, 2.05) is 12.1 Å². The Morgan fingerprint density at radius 1 is 0.811 bits per heavy atom. The van der Waals surface area contributed by atoms with Gasteiger partial charge in [-0.2, -0.15) is 20.1 Å². The fourth-order valence-corrected chi connectivity index (χ4v) is 4.54. The van der Waals surface area contributed by atoms with Crippen LogP contribution in [0.15, 0.2) is 53.6 Å². The van der Waals surface area contributed by atoms with Gasteiger partial charge in [-0.15, -0.1) is 0 Å². The number of piperidine rings is 2. The molecule has 2 aliphatic heterocycles. The Kier molecular flexibility index (Phi) is 8.10. The Morgan fingerprint density at radius 3 is 1.95 bits per heavy atom. The quantitative estimate of drug-likeness (QED) is 0.198. The normalized spacial score (nSPS) is 16.1. The Labute approximate surface area is 221 Å². The topological polar surface area (TPSA) is 95.8 Å². The molecule has 0 bridgehead atoms. The number of carbonyl (C=O) groups excluding carboxylic acids is 1. The van der Waals surface area contributed by atoms with E-state index in [4.69, 9.17) is 21.3 Å². The van der Waals surface area contributed by atoms with Crippen molar-refractivity contribution in [1.29, 1.82) is 0 Å². The SMILES string of the molecule is O=C(Oc1ccc(/C=N\Nc2nc(N3CCCCC3)nc(N3CCCCC3)n2)cc1)c1ccc(Cl)cc1. The monoisotopic (exact) mass is 519 g/mol. The summed E-state index contributed by atoms with van der Waals surface area (Å²) < 4.78 is 5.43. The zero-order chi connectivity index (χ0) is 25.5. The molecule has 3 aromatic rings. The summed E-state index contributed by atoms with van der Waals surface area (Å²) in [5.74, 6) is 1.85. The van der Waals surface area contributed by atoms with Crippen molar-refractivity contribution < 1.29 is 9.53 Å². The van der Waals surface area contributed by atoms with E-state index < -0.39 is 5.97 Å². The van der Waals surface area contributed by atoms with Gasteiger partial charge in [0.2, 0.25) is 17.8 Å². The summed E-state index contributed by atoms with van der Waals surface area (Å²) in [6.07, 6.45) is 8.76. The standard InChI is InChI=1S/C27H30ClN7O2/c28-22-11-9-21(10-12-22)24(36)37-23-13-7-20(8-14-23)19-29-33-25-30-26(34-15-3-1-4-16-34)32-27(31-25)35-17-5-2-6-18-35/h7-14,19H,1-6,15-18H2,(H,30,31,32,33)/b29-19-. The maximum Gasteiger partial charge on any atom is 0.343 e.